The number of rotatable bonds is 7. The molecule has 1 fully saturated rings. The van der Waals surface area contributed by atoms with Crippen molar-refractivity contribution in [2.24, 2.45) is 0 Å². The van der Waals surface area contributed by atoms with Crippen molar-refractivity contribution in [3.63, 3.8) is 0 Å². The van der Waals surface area contributed by atoms with Crippen molar-refractivity contribution in [2.45, 2.75) is 32.4 Å². The summed E-state index contributed by atoms with van der Waals surface area (Å²) >= 11 is 0. The maximum absolute atomic E-state index is 12.3. The highest BCUT2D eigenvalue weighted by molar-refractivity contribution is 5.68. The van der Waals surface area contributed by atoms with E-state index in [1.165, 1.54) is 0 Å². The van der Waals surface area contributed by atoms with E-state index in [9.17, 15) is 9.59 Å². The van der Waals surface area contributed by atoms with Gasteiger partial charge < -0.3 is 33.3 Å². The van der Waals surface area contributed by atoms with Gasteiger partial charge in [0.05, 0.1) is 13.2 Å². The van der Waals surface area contributed by atoms with Crippen LogP contribution >= 0.6 is 0 Å². The number of hydrogen-bond acceptors (Lipinski definition) is 8. The van der Waals surface area contributed by atoms with Crippen LogP contribution in [0.5, 0.6) is 11.5 Å². The van der Waals surface area contributed by atoms with Crippen molar-refractivity contribution in [2.75, 3.05) is 33.3 Å². The number of carbonyl (C=O) groups is 2. The molecule has 1 atom stereocenters. The Morgan fingerprint density at radius 3 is 2.70 bits per heavy atom. The molecular weight excluding hydrogens is 358 g/mol. The smallest absolute Gasteiger partial charge is 0.454 e. The largest absolute Gasteiger partial charge is 0.511 e. The molecule has 0 spiro atoms. The zero-order chi connectivity index (χ0) is 19.2. The Hall–Kier alpha value is -2.68. The Balaban J connectivity index is 1.44. The molecule has 2 aliphatic rings. The molecule has 0 saturated carbocycles. The number of amides is 1. The van der Waals surface area contributed by atoms with E-state index in [0.29, 0.717) is 31.9 Å². The highest BCUT2D eigenvalue weighted by Crippen LogP contribution is 2.33. The van der Waals surface area contributed by atoms with E-state index in [0.717, 1.165) is 11.3 Å². The van der Waals surface area contributed by atoms with Gasteiger partial charge in [-0.2, -0.15) is 0 Å². The van der Waals surface area contributed by atoms with Gasteiger partial charge in [0, 0.05) is 12.6 Å². The lowest BCUT2D eigenvalue weighted by molar-refractivity contribution is -0.122. The summed E-state index contributed by atoms with van der Waals surface area (Å²) in [5, 5.41) is 0. The van der Waals surface area contributed by atoms with E-state index in [4.69, 9.17) is 28.4 Å². The third-order valence-corrected chi connectivity index (χ3v) is 4.30. The zero-order valence-electron chi connectivity index (χ0n) is 15.3. The topological polar surface area (TPSA) is 92.8 Å². The summed E-state index contributed by atoms with van der Waals surface area (Å²) in [6.07, 6.45) is -1.12. The van der Waals surface area contributed by atoms with E-state index in [1.807, 2.05) is 32.0 Å². The van der Waals surface area contributed by atoms with E-state index >= 15 is 0 Å². The molecule has 2 aliphatic heterocycles. The van der Waals surface area contributed by atoms with Crippen molar-refractivity contribution in [3.05, 3.63) is 23.8 Å². The Kier molecular flexibility index (Phi) is 6.23. The van der Waals surface area contributed by atoms with Crippen LogP contribution < -0.4 is 9.47 Å². The molecule has 0 N–H and O–H groups in total. The first kappa shape index (κ1) is 19.1. The minimum Gasteiger partial charge on any atom is -0.454 e. The van der Waals surface area contributed by atoms with Gasteiger partial charge in [0.1, 0.15) is 0 Å². The molecule has 1 saturated heterocycles. The van der Waals surface area contributed by atoms with Crippen molar-refractivity contribution in [1.82, 2.24) is 4.90 Å². The van der Waals surface area contributed by atoms with E-state index in [-0.39, 0.29) is 18.9 Å². The summed E-state index contributed by atoms with van der Waals surface area (Å²) in [6.45, 7) is 4.65. The lowest BCUT2D eigenvalue weighted by Crippen LogP contribution is -2.41. The second kappa shape index (κ2) is 8.81. The minimum atomic E-state index is -0.882. The van der Waals surface area contributed by atoms with Gasteiger partial charge in [-0.3, -0.25) is 0 Å². The summed E-state index contributed by atoms with van der Waals surface area (Å²) in [6, 6.07) is 5.57. The summed E-state index contributed by atoms with van der Waals surface area (Å²) in [4.78, 5) is 25.2. The molecule has 1 amide bonds. The predicted octanol–water partition coefficient (Wildman–Crippen LogP) is 2.31. The molecule has 1 aromatic rings. The van der Waals surface area contributed by atoms with Crippen LogP contribution in [0, 0.1) is 0 Å². The fourth-order valence-electron chi connectivity index (χ4n) is 2.80. The average Bonchev–Trinajstić information content (AvgIpc) is 3.06. The van der Waals surface area contributed by atoms with Crippen LogP contribution in [0.25, 0.3) is 0 Å². The van der Waals surface area contributed by atoms with Crippen molar-refractivity contribution in [1.29, 1.82) is 0 Å². The van der Waals surface area contributed by atoms with E-state index in [2.05, 4.69) is 0 Å². The molecule has 0 radical (unpaired) electrons. The van der Waals surface area contributed by atoms with Crippen molar-refractivity contribution in [3.8, 4) is 11.5 Å². The number of benzene rings is 1. The molecule has 0 aliphatic carbocycles. The van der Waals surface area contributed by atoms with Gasteiger partial charge in [-0.1, -0.05) is 6.07 Å². The highest BCUT2D eigenvalue weighted by atomic mass is 16.8. The predicted molar refractivity (Wildman–Crippen MR) is 91.6 cm³/mol. The van der Waals surface area contributed by atoms with Crippen LogP contribution in [0.3, 0.4) is 0 Å². The van der Waals surface area contributed by atoms with Gasteiger partial charge in [0.2, 0.25) is 13.6 Å². The third kappa shape index (κ3) is 4.94. The van der Waals surface area contributed by atoms with Gasteiger partial charge in [0.15, 0.2) is 17.6 Å². The number of likely N-dealkylation sites (N-methyl/N-ethyl adjacent to an activating group) is 1. The van der Waals surface area contributed by atoms with Gasteiger partial charge in [-0.15, -0.1) is 0 Å². The standard InChI is InChI=1S/C18H23NO8/c1-3-19(17(20)25-11-26-18(21)27-14-8-22-9-14)12(2)6-13-4-5-15-16(7-13)24-10-23-15/h4-5,7,12,14H,3,6,8-11H2,1-2H3. The van der Waals surface area contributed by atoms with Gasteiger partial charge in [-0.25, -0.2) is 9.59 Å². The Bertz CT molecular complexity index is 675. The maximum Gasteiger partial charge on any atom is 0.511 e. The number of hydrogen-bond donors (Lipinski definition) is 0. The fourth-order valence-corrected chi connectivity index (χ4v) is 2.80. The van der Waals surface area contributed by atoms with Gasteiger partial charge >= 0.3 is 12.2 Å². The Morgan fingerprint density at radius 2 is 2.00 bits per heavy atom. The molecule has 148 valence electrons. The van der Waals surface area contributed by atoms with E-state index < -0.39 is 19.0 Å². The summed E-state index contributed by atoms with van der Waals surface area (Å²) in [7, 11) is 0. The monoisotopic (exact) mass is 381 g/mol. The van der Waals surface area contributed by atoms with E-state index in [1.54, 1.807) is 4.90 Å². The lowest BCUT2D eigenvalue weighted by Gasteiger charge is -2.27. The molecule has 9 heteroatoms. The summed E-state index contributed by atoms with van der Waals surface area (Å²) < 4.78 is 30.2. The molecule has 1 aromatic carbocycles. The van der Waals surface area contributed by atoms with Crippen LogP contribution in [0.15, 0.2) is 18.2 Å². The Morgan fingerprint density at radius 1 is 1.22 bits per heavy atom. The first-order valence-corrected chi connectivity index (χ1v) is 8.80. The van der Waals surface area contributed by atoms with Crippen LogP contribution in [-0.4, -0.2) is 62.6 Å². The van der Waals surface area contributed by atoms with Crippen LogP contribution in [0.1, 0.15) is 19.4 Å². The van der Waals surface area contributed by atoms with Gasteiger partial charge in [-0.05, 0) is 38.0 Å². The summed E-state index contributed by atoms with van der Waals surface area (Å²) in [5.74, 6) is 1.42. The van der Waals surface area contributed by atoms with Crippen molar-refractivity contribution < 1.29 is 38.0 Å². The Labute approximate surface area is 157 Å². The van der Waals surface area contributed by atoms with Crippen molar-refractivity contribution >= 4 is 12.2 Å². The molecule has 1 unspecified atom stereocenters. The molecular formula is C18H23NO8. The average molecular weight is 381 g/mol. The molecule has 0 bridgehead atoms. The first-order valence-electron chi connectivity index (χ1n) is 8.80. The molecule has 2 heterocycles. The van der Waals surface area contributed by atoms with Gasteiger partial charge in [0.25, 0.3) is 0 Å². The first-order chi connectivity index (χ1) is 13.1. The van der Waals surface area contributed by atoms with Crippen LogP contribution in [0.2, 0.25) is 0 Å². The number of ether oxygens (including phenoxy) is 6. The highest BCUT2D eigenvalue weighted by Gasteiger charge is 2.25. The maximum atomic E-state index is 12.3. The van der Waals surface area contributed by atoms with Crippen LogP contribution in [0.4, 0.5) is 9.59 Å². The summed E-state index contributed by atoms with van der Waals surface area (Å²) in [5.41, 5.74) is 1.01. The quantitative estimate of drug-likeness (QED) is 0.525. The number of fused-ring (bicyclic) bond motifs is 1. The SMILES string of the molecule is CCN(C(=O)OCOC(=O)OC1COC1)C(C)Cc1ccc2c(c1)OCO2. The third-order valence-electron chi connectivity index (χ3n) is 4.30. The zero-order valence-corrected chi connectivity index (χ0v) is 15.3. The normalized spacial score (nSPS) is 16.2. The fraction of sp³-hybridized carbons (Fsp3) is 0.556. The van der Waals surface area contributed by atoms with Crippen LogP contribution in [-0.2, 0) is 25.4 Å². The lowest BCUT2D eigenvalue weighted by atomic mass is 10.1. The second-order valence-electron chi connectivity index (χ2n) is 6.23. The molecule has 0 aromatic heterocycles. The number of nitrogens with zero attached hydrogens (tertiary/aromatic N) is 1. The molecule has 27 heavy (non-hydrogen) atoms. The second-order valence-corrected chi connectivity index (χ2v) is 6.23. The molecule has 9 nitrogen and oxygen atoms in total. The number of carbonyl (C=O) groups excluding carboxylic acids is 2. The minimum absolute atomic E-state index is 0.123. The molecule has 3 rings (SSSR count).